The normalized spacial score (nSPS) is 15.7. The summed E-state index contributed by atoms with van der Waals surface area (Å²) in [7, 11) is 1.21. The Labute approximate surface area is 197 Å². The Bertz CT molecular complexity index is 1130. The van der Waals surface area contributed by atoms with Crippen molar-refractivity contribution in [3.63, 3.8) is 0 Å². The number of nitriles is 1. The summed E-state index contributed by atoms with van der Waals surface area (Å²) in [4.78, 5) is 37.7. The van der Waals surface area contributed by atoms with Crippen molar-refractivity contribution in [2.24, 2.45) is 0 Å². The number of esters is 1. The van der Waals surface area contributed by atoms with Gasteiger partial charge in [-0.25, -0.2) is 4.79 Å². The number of methoxy groups -OCH3 is 1. The van der Waals surface area contributed by atoms with Gasteiger partial charge in [-0.3, -0.25) is 14.5 Å². The summed E-state index contributed by atoms with van der Waals surface area (Å²) in [5, 5.41) is 8.67. The lowest BCUT2D eigenvalue weighted by atomic mass is 10.1. The predicted molar refractivity (Wildman–Crippen MR) is 124 cm³/mol. The third-order valence-corrected chi connectivity index (χ3v) is 6.25. The number of ether oxygens (including phenoxy) is 2. The van der Waals surface area contributed by atoms with Crippen LogP contribution in [-0.4, -0.2) is 35.2 Å². The number of rotatable bonds is 6. The Morgan fingerprint density at radius 3 is 2.71 bits per heavy atom. The molecular weight excluding hydrogens is 531 g/mol. The minimum Gasteiger partial charge on any atom is -0.488 e. The van der Waals surface area contributed by atoms with Crippen molar-refractivity contribution in [3.8, 4) is 11.8 Å². The lowest BCUT2D eigenvalue weighted by Crippen LogP contribution is -2.42. The number of thioether (sulfide) groups is 1. The summed E-state index contributed by atoms with van der Waals surface area (Å²) in [6.07, 6.45) is 1.60. The molecule has 1 heterocycles. The third-order valence-electron chi connectivity index (χ3n) is 4.53. The van der Waals surface area contributed by atoms with Crippen LogP contribution in [0, 0.1) is 14.9 Å². The number of benzene rings is 2. The van der Waals surface area contributed by atoms with Gasteiger partial charge in [-0.05, 0) is 71.1 Å². The number of carbonyl (C=O) groups excluding carboxylic acids is 3. The van der Waals surface area contributed by atoms with E-state index in [2.05, 4.69) is 33.4 Å². The van der Waals surface area contributed by atoms with Gasteiger partial charge in [-0.2, -0.15) is 5.26 Å². The van der Waals surface area contributed by atoms with Gasteiger partial charge < -0.3 is 9.47 Å². The van der Waals surface area contributed by atoms with E-state index in [0.717, 1.165) is 25.8 Å². The average molecular weight is 548 g/mol. The van der Waals surface area contributed by atoms with E-state index in [9.17, 15) is 19.6 Å². The highest BCUT2D eigenvalue weighted by Crippen LogP contribution is 2.34. The molecule has 1 saturated heterocycles. The molecule has 0 spiro atoms. The average Bonchev–Trinajstić information content (AvgIpc) is 3.04. The molecular formula is C22H17IN2O5S. The van der Waals surface area contributed by atoms with Crippen molar-refractivity contribution in [2.45, 2.75) is 19.6 Å². The maximum atomic E-state index is 12.6. The van der Waals surface area contributed by atoms with Crippen LogP contribution in [0.4, 0.5) is 4.79 Å². The van der Waals surface area contributed by atoms with Gasteiger partial charge >= 0.3 is 5.97 Å². The maximum Gasteiger partial charge on any atom is 0.328 e. The van der Waals surface area contributed by atoms with E-state index in [1.165, 1.54) is 14.0 Å². The number of halogens is 1. The van der Waals surface area contributed by atoms with Crippen LogP contribution in [0.1, 0.15) is 23.6 Å². The largest absolute Gasteiger partial charge is 0.488 e. The second-order valence-electron chi connectivity index (χ2n) is 6.50. The summed E-state index contributed by atoms with van der Waals surface area (Å²) in [5.41, 5.74) is 2.06. The highest BCUT2D eigenvalue weighted by atomic mass is 127. The molecule has 1 aliphatic rings. The summed E-state index contributed by atoms with van der Waals surface area (Å²) in [5.74, 6) is -0.549. The first-order valence-corrected chi connectivity index (χ1v) is 11.0. The van der Waals surface area contributed by atoms with E-state index < -0.39 is 23.2 Å². The number of carbonyl (C=O) groups is 3. The minimum atomic E-state index is -0.990. The molecule has 0 aliphatic carbocycles. The fourth-order valence-electron chi connectivity index (χ4n) is 2.88. The summed E-state index contributed by atoms with van der Waals surface area (Å²) in [6, 6.07) is 13.7. The van der Waals surface area contributed by atoms with Gasteiger partial charge in [0.15, 0.2) is 0 Å². The van der Waals surface area contributed by atoms with Gasteiger partial charge in [-0.1, -0.05) is 24.3 Å². The van der Waals surface area contributed by atoms with E-state index in [1.54, 1.807) is 30.3 Å². The molecule has 31 heavy (non-hydrogen) atoms. The number of amides is 2. The molecule has 0 N–H and O–H groups in total. The van der Waals surface area contributed by atoms with Crippen LogP contribution in [0.2, 0.25) is 0 Å². The number of nitrogens with zero attached hydrogens (tertiary/aromatic N) is 2. The van der Waals surface area contributed by atoms with Gasteiger partial charge in [0.1, 0.15) is 18.4 Å². The smallest absolute Gasteiger partial charge is 0.328 e. The second-order valence-corrected chi connectivity index (χ2v) is 8.65. The lowest BCUT2D eigenvalue weighted by molar-refractivity contribution is -0.148. The second kappa shape index (κ2) is 9.98. The highest BCUT2D eigenvalue weighted by molar-refractivity contribution is 14.1. The summed E-state index contributed by atoms with van der Waals surface area (Å²) < 4.78 is 11.3. The highest BCUT2D eigenvalue weighted by Gasteiger charge is 2.41. The van der Waals surface area contributed by atoms with Crippen LogP contribution in [0.25, 0.3) is 6.08 Å². The molecule has 9 heteroatoms. The van der Waals surface area contributed by atoms with Crippen molar-refractivity contribution in [1.82, 2.24) is 4.90 Å². The van der Waals surface area contributed by atoms with Crippen LogP contribution in [0.5, 0.6) is 5.75 Å². The van der Waals surface area contributed by atoms with Gasteiger partial charge in [0.25, 0.3) is 11.1 Å². The molecule has 1 fully saturated rings. The van der Waals surface area contributed by atoms with E-state index in [0.29, 0.717) is 16.9 Å². The molecule has 1 aliphatic heterocycles. The van der Waals surface area contributed by atoms with Crippen LogP contribution >= 0.6 is 34.4 Å². The summed E-state index contributed by atoms with van der Waals surface area (Å²) in [6.45, 7) is 1.70. The Morgan fingerprint density at radius 2 is 2.03 bits per heavy atom. The zero-order valence-corrected chi connectivity index (χ0v) is 19.6. The first kappa shape index (κ1) is 22.8. The Hall–Kier alpha value is -2.84. The quantitative estimate of drug-likeness (QED) is 0.301. The zero-order valence-electron chi connectivity index (χ0n) is 16.6. The molecule has 1 atom stereocenters. The molecule has 0 saturated carbocycles. The van der Waals surface area contributed by atoms with Crippen molar-refractivity contribution in [1.29, 1.82) is 5.26 Å². The Morgan fingerprint density at radius 1 is 1.29 bits per heavy atom. The molecule has 0 unspecified atom stereocenters. The molecule has 7 nitrogen and oxygen atoms in total. The van der Waals surface area contributed by atoms with Crippen molar-refractivity contribution >= 4 is 57.5 Å². The molecule has 2 aromatic carbocycles. The molecule has 0 radical (unpaired) electrons. The predicted octanol–water partition coefficient (Wildman–Crippen LogP) is 4.34. The van der Waals surface area contributed by atoms with Crippen molar-refractivity contribution < 1.29 is 23.9 Å². The van der Waals surface area contributed by atoms with Crippen molar-refractivity contribution in [2.75, 3.05) is 7.11 Å². The van der Waals surface area contributed by atoms with Crippen LogP contribution in [0.15, 0.2) is 47.4 Å². The lowest BCUT2D eigenvalue weighted by Gasteiger charge is -2.18. The van der Waals surface area contributed by atoms with Crippen LogP contribution < -0.4 is 4.74 Å². The SMILES string of the molecule is COC(=O)[C@H](C)N1C(=O)S/C(=C/c2ccc(OCc3ccccc3C#N)c(I)c2)C1=O. The molecule has 158 valence electrons. The topological polar surface area (TPSA) is 96.7 Å². The van der Waals surface area contributed by atoms with E-state index in [4.69, 9.17) is 4.74 Å². The Balaban J connectivity index is 1.75. The number of hydrogen-bond donors (Lipinski definition) is 0. The first-order valence-electron chi connectivity index (χ1n) is 9.11. The van der Waals surface area contributed by atoms with Crippen LogP contribution in [0.3, 0.4) is 0 Å². The first-order chi connectivity index (χ1) is 14.8. The third kappa shape index (κ3) is 5.08. The van der Waals surface area contributed by atoms with Gasteiger partial charge in [0.2, 0.25) is 0 Å². The minimum absolute atomic E-state index is 0.230. The van der Waals surface area contributed by atoms with E-state index in [1.807, 2.05) is 18.2 Å². The Kier molecular flexibility index (Phi) is 7.35. The van der Waals surface area contributed by atoms with Gasteiger partial charge in [0.05, 0.1) is 27.2 Å². The maximum absolute atomic E-state index is 12.6. The summed E-state index contributed by atoms with van der Waals surface area (Å²) >= 11 is 2.90. The molecule has 2 aromatic rings. The van der Waals surface area contributed by atoms with E-state index in [-0.39, 0.29) is 11.5 Å². The van der Waals surface area contributed by atoms with Gasteiger partial charge in [0, 0.05) is 5.56 Å². The van der Waals surface area contributed by atoms with Crippen molar-refractivity contribution in [3.05, 3.63) is 67.6 Å². The fraction of sp³-hybridized carbons (Fsp3) is 0.182. The fourth-order valence-corrected chi connectivity index (χ4v) is 4.48. The molecule has 0 bridgehead atoms. The number of hydrogen-bond acceptors (Lipinski definition) is 7. The monoisotopic (exact) mass is 548 g/mol. The number of imide groups is 1. The molecule has 3 rings (SSSR count). The van der Waals surface area contributed by atoms with E-state index >= 15 is 0 Å². The zero-order chi connectivity index (χ0) is 22.5. The molecule has 2 amide bonds. The molecule has 0 aromatic heterocycles. The standard InChI is InChI=1S/C22H17IN2O5S/c1-13(21(27)29-2)25-20(26)19(31-22(25)28)10-14-7-8-18(17(23)9-14)30-12-16-6-4-3-5-15(16)11-24/h3-10,13H,12H2,1-2H3/b19-10+/t13-/m0/s1. The van der Waals surface area contributed by atoms with Gasteiger partial charge in [-0.15, -0.1) is 0 Å². The van der Waals surface area contributed by atoms with Crippen LogP contribution in [-0.2, 0) is 20.9 Å².